The Morgan fingerprint density at radius 2 is 2.23 bits per heavy atom. The summed E-state index contributed by atoms with van der Waals surface area (Å²) in [6.45, 7) is 1.95. The molecule has 2 amide bonds. The second-order valence-electron chi connectivity index (χ2n) is 6.44. The van der Waals surface area contributed by atoms with Crippen LogP contribution in [0.3, 0.4) is 0 Å². The standard InChI is InChI=1S/C15H25N5O2/c1-19(10-11-5-4-6-12(11)21)15(22)16-9-14-18-17-13-7-2-3-8-20(13)14/h11-12,21H,2-10H2,1H3,(H,16,22). The molecule has 3 rings (SSSR count). The van der Waals surface area contributed by atoms with Crippen LogP contribution in [-0.4, -0.2) is 50.5 Å². The number of hydrogen-bond donors (Lipinski definition) is 2. The molecule has 0 spiro atoms. The van der Waals surface area contributed by atoms with Gasteiger partial charge in [-0.2, -0.15) is 0 Å². The third-order valence-electron chi connectivity index (χ3n) is 4.81. The average Bonchev–Trinajstić information content (AvgIpc) is 3.11. The quantitative estimate of drug-likeness (QED) is 0.866. The van der Waals surface area contributed by atoms with Gasteiger partial charge in [-0.15, -0.1) is 10.2 Å². The van der Waals surface area contributed by atoms with Gasteiger partial charge in [-0.05, 0) is 25.7 Å². The van der Waals surface area contributed by atoms with Crippen LogP contribution in [0.1, 0.15) is 43.8 Å². The fourth-order valence-electron chi connectivity index (χ4n) is 3.45. The molecular formula is C15H25N5O2. The van der Waals surface area contributed by atoms with Gasteiger partial charge in [0, 0.05) is 32.5 Å². The molecule has 1 saturated carbocycles. The Morgan fingerprint density at radius 3 is 3.00 bits per heavy atom. The van der Waals surface area contributed by atoms with E-state index in [2.05, 4.69) is 20.1 Å². The van der Waals surface area contributed by atoms with E-state index in [1.807, 2.05) is 0 Å². The highest BCUT2D eigenvalue weighted by Gasteiger charge is 2.27. The van der Waals surface area contributed by atoms with Gasteiger partial charge < -0.3 is 19.9 Å². The number of urea groups is 1. The number of carbonyl (C=O) groups is 1. The lowest BCUT2D eigenvalue weighted by Crippen LogP contribution is -2.41. The minimum absolute atomic E-state index is 0.118. The first-order valence-corrected chi connectivity index (χ1v) is 8.23. The number of aliphatic hydroxyl groups excluding tert-OH is 1. The lowest BCUT2D eigenvalue weighted by molar-refractivity contribution is 0.114. The van der Waals surface area contributed by atoms with Crippen molar-refractivity contribution < 1.29 is 9.90 Å². The molecule has 7 nitrogen and oxygen atoms in total. The lowest BCUT2D eigenvalue weighted by Gasteiger charge is -2.23. The van der Waals surface area contributed by atoms with Crippen LogP contribution >= 0.6 is 0 Å². The Labute approximate surface area is 130 Å². The van der Waals surface area contributed by atoms with E-state index in [-0.39, 0.29) is 18.1 Å². The highest BCUT2D eigenvalue weighted by atomic mass is 16.3. The predicted molar refractivity (Wildman–Crippen MR) is 81.2 cm³/mol. The van der Waals surface area contributed by atoms with Crippen LogP contribution in [0.15, 0.2) is 0 Å². The molecule has 1 aliphatic heterocycles. The first-order chi connectivity index (χ1) is 10.6. The molecule has 2 atom stereocenters. The van der Waals surface area contributed by atoms with E-state index in [1.165, 1.54) is 0 Å². The zero-order valence-corrected chi connectivity index (χ0v) is 13.2. The van der Waals surface area contributed by atoms with E-state index in [0.717, 1.165) is 56.7 Å². The molecule has 0 radical (unpaired) electrons. The number of aliphatic hydroxyl groups is 1. The molecule has 2 unspecified atom stereocenters. The zero-order chi connectivity index (χ0) is 15.5. The molecule has 2 aliphatic rings. The lowest BCUT2D eigenvalue weighted by atomic mass is 10.1. The average molecular weight is 307 g/mol. The van der Waals surface area contributed by atoms with Crippen molar-refractivity contribution in [3.63, 3.8) is 0 Å². The molecule has 0 aromatic carbocycles. The van der Waals surface area contributed by atoms with Gasteiger partial charge in [0.2, 0.25) is 0 Å². The topological polar surface area (TPSA) is 83.3 Å². The van der Waals surface area contributed by atoms with Gasteiger partial charge in [0.05, 0.1) is 12.6 Å². The van der Waals surface area contributed by atoms with Gasteiger partial charge in [-0.1, -0.05) is 6.42 Å². The van der Waals surface area contributed by atoms with Crippen molar-refractivity contribution in [3.05, 3.63) is 11.6 Å². The fraction of sp³-hybridized carbons (Fsp3) is 0.800. The van der Waals surface area contributed by atoms with Crippen molar-refractivity contribution in [2.24, 2.45) is 5.92 Å². The molecule has 22 heavy (non-hydrogen) atoms. The normalized spacial score (nSPS) is 24.1. The van der Waals surface area contributed by atoms with Crippen molar-refractivity contribution in [1.29, 1.82) is 0 Å². The number of rotatable bonds is 4. The second-order valence-corrected chi connectivity index (χ2v) is 6.44. The van der Waals surface area contributed by atoms with Crippen molar-refractivity contribution >= 4 is 6.03 Å². The molecule has 1 aromatic rings. The SMILES string of the molecule is CN(CC1CCCC1O)C(=O)NCc1nnc2n1CCCC2. The molecule has 1 fully saturated rings. The molecule has 1 aliphatic carbocycles. The van der Waals surface area contributed by atoms with Crippen molar-refractivity contribution in [3.8, 4) is 0 Å². The molecule has 0 bridgehead atoms. The molecule has 0 saturated heterocycles. The van der Waals surface area contributed by atoms with Gasteiger partial charge in [-0.3, -0.25) is 0 Å². The zero-order valence-electron chi connectivity index (χ0n) is 13.2. The van der Waals surface area contributed by atoms with E-state index in [9.17, 15) is 9.90 Å². The summed E-state index contributed by atoms with van der Waals surface area (Å²) < 4.78 is 2.12. The van der Waals surface area contributed by atoms with Crippen LogP contribution in [-0.2, 0) is 19.5 Å². The first kappa shape index (κ1) is 15.3. The fourth-order valence-corrected chi connectivity index (χ4v) is 3.45. The minimum atomic E-state index is -0.265. The second kappa shape index (κ2) is 6.64. The molecule has 2 N–H and O–H groups in total. The van der Waals surface area contributed by atoms with Crippen LogP contribution in [0.5, 0.6) is 0 Å². The number of aromatic nitrogens is 3. The smallest absolute Gasteiger partial charge is 0.317 e. The van der Waals surface area contributed by atoms with Crippen LogP contribution in [0.4, 0.5) is 4.79 Å². The number of nitrogens with one attached hydrogen (secondary N) is 1. The van der Waals surface area contributed by atoms with Crippen LogP contribution in [0.25, 0.3) is 0 Å². The Morgan fingerprint density at radius 1 is 1.36 bits per heavy atom. The van der Waals surface area contributed by atoms with Crippen molar-refractivity contribution in [2.75, 3.05) is 13.6 Å². The number of nitrogens with zero attached hydrogens (tertiary/aromatic N) is 4. The molecule has 1 aromatic heterocycles. The Balaban J connectivity index is 1.50. The maximum atomic E-state index is 12.2. The summed E-state index contributed by atoms with van der Waals surface area (Å²) in [6, 6.07) is -0.118. The summed E-state index contributed by atoms with van der Waals surface area (Å²) in [4.78, 5) is 13.8. The number of aryl methyl sites for hydroxylation is 1. The summed E-state index contributed by atoms with van der Waals surface area (Å²) in [7, 11) is 1.78. The summed E-state index contributed by atoms with van der Waals surface area (Å²) in [5.74, 6) is 2.06. The van der Waals surface area contributed by atoms with E-state index >= 15 is 0 Å². The molecule has 7 heteroatoms. The van der Waals surface area contributed by atoms with Crippen LogP contribution in [0, 0.1) is 5.92 Å². The van der Waals surface area contributed by atoms with Gasteiger partial charge in [-0.25, -0.2) is 4.79 Å². The van der Waals surface area contributed by atoms with Crippen LogP contribution < -0.4 is 5.32 Å². The monoisotopic (exact) mass is 307 g/mol. The molecule has 2 heterocycles. The first-order valence-electron chi connectivity index (χ1n) is 8.23. The third kappa shape index (κ3) is 3.24. The minimum Gasteiger partial charge on any atom is -0.393 e. The van der Waals surface area contributed by atoms with E-state index in [1.54, 1.807) is 11.9 Å². The molecule has 122 valence electrons. The summed E-state index contributed by atoms with van der Waals surface area (Å²) in [5.41, 5.74) is 0. The molecular weight excluding hydrogens is 282 g/mol. The number of carbonyl (C=O) groups excluding carboxylic acids is 1. The van der Waals surface area contributed by atoms with E-state index in [4.69, 9.17) is 0 Å². The van der Waals surface area contributed by atoms with Crippen LogP contribution in [0.2, 0.25) is 0 Å². The Hall–Kier alpha value is -1.63. The third-order valence-corrected chi connectivity index (χ3v) is 4.81. The largest absolute Gasteiger partial charge is 0.393 e. The summed E-state index contributed by atoms with van der Waals surface area (Å²) >= 11 is 0. The Bertz CT molecular complexity index is 530. The maximum Gasteiger partial charge on any atom is 0.317 e. The van der Waals surface area contributed by atoms with Gasteiger partial charge in [0.1, 0.15) is 5.82 Å². The Kier molecular flexibility index (Phi) is 4.61. The van der Waals surface area contributed by atoms with E-state index in [0.29, 0.717) is 13.1 Å². The predicted octanol–water partition coefficient (Wildman–Crippen LogP) is 0.917. The van der Waals surface area contributed by atoms with Crippen molar-refractivity contribution in [2.45, 2.75) is 57.7 Å². The van der Waals surface area contributed by atoms with Gasteiger partial charge in [0.25, 0.3) is 0 Å². The number of hydrogen-bond acceptors (Lipinski definition) is 4. The number of amides is 2. The van der Waals surface area contributed by atoms with Crippen molar-refractivity contribution in [1.82, 2.24) is 25.0 Å². The number of fused-ring (bicyclic) bond motifs is 1. The maximum absolute atomic E-state index is 12.2. The highest BCUT2D eigenvalue weighted by Crippen LogP contribution is 2.25. The van der Waals surface area contributed by atoms with Gasteiger partial charge in [0.15, 0.2) is 5.82 Å². The summed E-state index contributed by atoms with van der Waals surface area (Å²) in [6.07, 6.45) is 5.91. The van der Waals surface area contributed by atoms with E-state index < -0.39 is 0 Å². The highest BCUT2D eigenvalue weighted by molar-refractivity contribution is 5.73. The van der Waals surface area contributed by atoms with Gasteiger partial charge >= 0.3 is 6.03 Å². The summed E-state index contributed by atoms with van der Waals surface area (Å²) in [5, 5.41) is 21.1.